The second-order valence-electron chi connectivity index (χ2n) is 5.95. The molecule has 1 aliphatic carbocycles. The monoisotopic (exact) mass is 269 g/mol. The van der Waals surface area contributed by atoms with Crippen LogP contribution < -0.4 is 0 Å². The maximum Gasteiger partial charge on any atom is 0.226 e. The summed E-state index contributed by atoms with van der Waals surface area (Å²) in [4.78, 5) is 14.8. The van der Waals surface area contributed by atoms with Gasteiger partial charge in [0.2, 0.25) is 5.91 Å². The number of carbonyl (C=O) groups is 1. The van der Waals surface area contributed by atoms with Crippen LogP contribution in [0.25, 0.3) is 0 Å². The van der Waals surface area contributed by atoms with Crippen molar-refractivity contribution in [1.29, 1.82) is 0 Å². The van der Waals surface area contributed by atoms with Gasteiger partial charge >= 0.3 is 0 Å². The topological polar surface area (TPSA) is 20.3 Å². The highest BCUT2D eigenvalue weighted by molar-refractivity contribution is 5.84. The number of likely N-dealkylation sites (tertiary alicyclic amines) is 1. The van der Waals surface area contributed by atoms with Gasteiger partial charge in [-0.05, 0) is 37.7 Å². The zero-order chi connectivity index (χ0) is 13.9. The minimum atomic E-state index is 0.173. The fourth-order valence-electron chi connectivity index (χ4n) is 3.54. The van der Waals surface area contributed by atoms with Crippen LogP contribution in [-0.4, -0.2) is 23.9 Å². The molecule has 1 amide bonds. The number of rotatable bonds is 3. The SMILES string of the molecule is C/C=C/[C@H]1[C@H](C(=O)N2CCCCC2)[C@H]1c1ccccc1. The Morgan fingerprint density at radius 3 is 2.50 bits per heavy atom. The number of amides is 1. The standard InChI is InChI=1S/C18H23NO/c1-2-9-15-16(14-10-5-3-6-11-14)17(15)18(20)19-12-7-4-8-13-19/h2-3,5-6,9-11,15-17H,4,7-8,12-13H2,1H3/b9-2+/t15-,16+,17+/m1/s1. The zero-order valence-electron chi connectivity index (χ0n) is 12.2. The third-order valence-electron chi connectivity index (χ3n) is 4.63. The molecule has 2 heteroatoms. The first-order chi connectivity index (χ1) is 9.83. The van der Waals surface area contributed by atoms with E-state index in [4.69, 9.17) is 0 Å². The molecule has 1 heterocycles. The summed E-state index contributed by atoms with van der Waals surface area (Å²) in [7, 11) is 0. The fraction of sp³-hybridized carbons (Fsp3) is 0.500. The lowest BCUT2D eigenvalue weighted by Crippen LogP contribution is -2.37. The van der Waals surface area contributed by atoms with Gasteiger partial charge in [-0.3, -0.25) is 4.79 Å². The first kappa shape index (κ1) is 13.4. The van der Waals surface area contributed by atoms with Crippen LogP contribution >= 0.6 is 0 Å². The fourth-order valence-corrected chi connectivity index (χ4v) is 3.54. The van der Waals surface area contributed by atoms with Gasteiger partial charge in [0.15, 0.2) is 0 Å². The van der Waals surface area contributed by atoms with Crippen molar-refractivity contribution < 1.29 is 4.79 Å². The molecule has 2 nitrogen and oxygen atoms in total. The summed E-state index contributed by atoms with van der Waals surface area (Å²) >= 11 is 0. The molecular formula is C18H23NO. The van der Waals surface area contributed by atoms with Crippen molar-refractivity contribution in [2.75, 3.05) is 13.1 Å². The van der Waals surface area contributed by atoms with Crippen molar-refractivity contribution in [3.63, 3.8) is 0 Å². The van der Waals surface area contributed by atoms with Crippen LogP contribution in [0.4, 0.5) is 0 Å². The summed E-state index contributed by atoms with van der Waals surface area (Å²) in [5.74, 6) is 1.34. The molecular weight excluding hydrogens is 246 g/mol. The first-order valence-electron chi connectivity index (χ1n) is 7.79. The van der Waals surface area contributed by atoms with E-state index >= 15 is 0 Å². The molecule has 0 unspecified atom stereocenters. The molecule has 1 saturated heterocycles. The quantitative estimate of drug-likeness (QED) is 0.768. The Bertz CT molecular complexity index is 487. The summed E-state index contributed by atoms with van der Waals surface area (Å²) in [6.45, 7) is 3.96. The summed E-state index contributed by atoms with van der Waals surface area (Å²) < 4.78 is 0. The Morgan fingerprint density at radius 1 is 1.15 bits per heavy atom. The van der Waals surface area contributed by atoms with E-state index in [2.05, 4.69) is 41.3 Å². The summed E-state index contributed by atoms with van der Waals surface area (Å²) in [5.41, 5.74) is 1.31. The van der Waals surface area contributed by atoms with Gasteiger partial charge in [-0.15, -0.1) is 0 Å². The van der Waals surface area contributed by atoms with Gasteiger partial charge in [-0.2, -0.15) is 0 Å². The number of hydrogen-bond donors (Lipinski definition) is 0. The van der Waals surface area contributed by atoms with E-state index in [-0.39, 0.29) is 5.92 Å². The Morgan fingerprint density at radius 2 is 1.85 bits per heavy atom. The molecule has 0 spiro atoms. The molecule has 1 saturated carbocycles. The van der Waals surface area contributed by atoms with Crippen LogP contribution in [0.3, 0.4) is 0 Å². The molecule has 1 aromatic rings. The first-order valence-corrected chi connectivity index (χ1v) is 7.79. The van der Waals surface area contributed by atoms with Crippen molar-refractivity contribution in [3.8, 4) is 0 Å². The van der Waals surface area contributed by atoms with Crippen LogP contribution in [0.1, 0.15) is 37.7 Å². The van der Waals surface area contributed by atoms with E-state index in [9.17, 15) is 4.79 Å². The Hall–Kier alpha value is -1.57. The maximum absolute atomic E-state index is 12.7. The molecule has 1 aliphatic heterocycles. The predicted molar refractivity (Wildman–Crippen MR) is 81.4 cm³/mol. The minimum absolute atomic E-state index is 0.173. The molecule has 3 atom stereocenters. The number of benzene rings is 1. The largest absolute Gasteiger partial charge is 0.342 e. The Kier molecular flexibility index (Phi) is 3.90. The molecule has 2 aliphatic rings. The van der Waals surface area contributed by atoms with E-state index < -0.39 is 0 Å². The average Bonchev–Trinajstić information content (AvgIpc) is 3.23. The number of nitrogens with zero attached hydrogens (tertiary/aromatic N) is 1. The Balaban J connectivity index is 1.76. The van der Waals surface area contributed by atoms with Gasteiger partial charge < -0.3 is 4.90 Å². The van der Waals surface area contributed by atoms with Crippen molar-refractivity contribution >= 4 is 5.91 Å². The zero-order valence-corrected chi connectivity index (χ0v) is 12.2. The van der Waals surface area contributed by atoms with E-state index in [1.54, 1.807) is 0 Å². The molecule has 0 aromatic heterocycles. The summed E-state index contributed by atoms with van der Waals surface area (Å²) in [6, 6.07) is 10.5. The lowest BCUT2D eigenvalue weighted by Gasteiger charge is -2.27. The highest BCUT2D eigenvalue weighted by atomic mass is 16.2. The number of carbonyl (C=O) groups excluding carboxylic acids is 1. The molecule has 1 aromatic carbocycles. The molecule has 0 N–H and O–H groups in total. The second-order valence-corrected chi connectivity index (χ2v) is 5.95. The van der Waals surface area contributed by atoms with Crippen molar-refractivity contribution in [3.05, 3.63) is 48.0 Å². The van der Waals surface area contributed by atoms with E-state index in [1.807, 2.05) is 13.0 Å². The highest BCUT2D eigenvalue weighted by Gasteiger charge is 2.54. The lowest BCUT2D eigenvalue weighted by molar-refractivity contribution is -0.133. The van der Waals surface area contributed by atoms with Gasteiger partial charge in [-0.25, -0.2) is 0 Å². The maximum atomic E-state index is 12.7. The van der Waals surface area contributed by atoms with Crippen molar-refractivity contribution in [2.24, 2.45) is 11.8 Å². The number of piperidine rings is 1. The minimum Gasteiger partial charge on any atom is -0.342 e. The van der Waals surface area contributed by atoms with Crippen LogP contribution in [0, 0.1) is 11.8 Å². The van der Waals surface area contributed by atoms with Gasteiger partial charge in [0.25, 0.3) is 0 Å². The Labute approximate surface area is 121 Å². The second kappa shape index (κ2) is 5.82. The van der Waals surface area contributed by atoms with Gasteiger partial charge in [0.1, 0.15) is 0 Å². The van der Waals surface area contributed by atoms with E-state index in [0.29, 0.717) is 17.7 Å². The van der Waals surface area contributed by atoms with Crippen LogP contribution in [-0.2, 0) is 4.79 Å². The smallest absolute Gasteiger partial charge is 0.226 e. The van der Waals surface area contributed by atoms with Gasteiger partial charge in [0, 0.05) is 19.0 Å². The highest BCUT2D eigenvalue weighted by Crippen LogP contribution is 2.55. The molecule has 3 rings (SSSR count). The van der Waals surface area contributed by atoms with Crippen molar-refractivity contribution in [2.45, 2.75) is 32.1 Å². The van der Waals surface area contributed by atoms with Gasteiger partial charge in [-0.1, -0.05) is 42.5 Å². The number of allylic oxidation sites excluding steroid dienone is 2. The molecule has 0 bridgehead atoms. The van der Waals surface area contributed by atoms with Crippen LogP contribution in [0.15, 0.2) is 42.5 Å². The van der Waals surface area contributed by atoms with Crippen LogP contribution in [0.2, 0.25) is 0 Å². The van der Waals surface area contributed by atoms with Crippen molar-refractivity contribution in [1.82, 2.24) is 4.90 Å². The van der Waals surface area contributed by atoms with Gasteiger partial charge in [0.05, 0.1) is 5.92 Å². The van der Waals surface area contributed by atoms with E-state index in [0.717, 1.165) is 13.1 Å². The molecule has 0 radical (unpaired) electrons. The summed E-state index contributed by atoms with van der Waals surface area (Å²) in [5, 5.41) is 0. The number of hydrogen-bond acceptors (Lipinski definition) is 1. The lowest BCUT2D eigenvalue weighted by atomic mass is 10.1. The third kappa shape index (κ3) is 2.52. The average molecular weight is 269 g/mol. The van der Waals surface area contributed by atoms with E-state index in [1.165, 1.54) is 24.8 Å². The molecule has 106 valence electrons. The summed E-state index contributed by atoms with van der Waals surface area (Å²) in [6.07, 6.45) is 7.91. The molecule has 2 fully saturated rings. The third-order valence-corrected chi connectivity index (χ3v) is 4.63. The normalized spacial score (nSPS) is 29.6. The predicted octanol–water partition coefficient (Wildman–Crippen LogP) is 3.60. The van der Waals surface area contributed by atoms with Crippen LogP contribution in [0.5, 0.6) is 0 Å². The molecule has 20 heavy (non-hydrogen) atoms.